The lowest BCUT2D eigenvalue weighted by molar-refractivity contribution is -0.140. The van der Waals surface area contributed by atoms with Crippen LogP contribution in [0.2, 0.25) is 0 Å². The van der Waals surface area contributed by atoms with Crippen LogP contribution in [0.25, 0.3) is 0 Å². The number of fused-ring (bicyclic) bond motifs is 1. The second kappa shape index (κ2) is 13.5. The van der Waals surface area contributed by atoms with Gasteiger partial charge in [-0.2, -0.15) is 0 Å². The second-order valence-electron chi connectivity index (χ2n) is 9.59. The van der Waals surface area contributed by atoms with E-state index in [2.05, 4.69) is 5.32 Å². The van der Waals surface area contributed by atoms with Gasteiger partial charge in [-0.1, -0.05) is 49.4 Å². The van der Waals surface area contributed by atoms with E-state index in [0.29, 0.717) is 30.0 Å². The highest BCUT2D eigenvalue weighted by Crippen LogP contribution is 2.36. The van der Waals surface area contributed by atoms with Crippen molar-refractivity contribution in [2.45, 2.75) is 39.3 Å². The van der Waals surface area contributed by atoms with E-state index in [1.54, 1.807) is 12.1 Å². The van der Waals surface area contributed by atoms with Crippen molar-refractivity contribution in [3.05, 3.63) is 89.7 Å². The number of anilines is 1. The van der Waals surface area contributed by atoms with Crippen LogP contribution in [-0.2, 0) is 32.6 Å². The van der Waals surface area contributed by atoms with Gasteiger partial charge in [0.1, 0.15) is 18.4 Å². The molecule has 0 spiro atoms. The lowest BCUT2D eigenvalue weighted by Crippen LogP contribution is -2.53. The van der Waals surface area contributed by atoms with E-state index in [1.807, 2.05) is 37.3 Å². The van der Waals surface area contributed by atoms with E-state index >= 15 is 0 Å². The van der Waals surface area contributed by atoms with Crippen molar-refractivity contribution in [1.82, 2.24) is 10.2 Å². The molecule has 3 aromatic rings. The third-order valence-electron chi connectivity index (χ3n) is 6.71. The Kier molecular flexibility index (Phi) is 9.82. The Labute approximate surface area is 239 Å². The van der Waals surface area contributed by atoms with Gasteiger partial charge >= 0.3 is 0 Å². The zero-order valence-electron chi connectivity index (χ0n) is 23.1. The van der Waals surface area contributed by atoms with E-state index in [1.165, 1.54) is 42.2 Å². The highest BCUT2D eigenvalue weighted by molar-refractivity contribution is 7.92. The summed E-state index contributed by atoms with van der Waals surface area (Å²) in [5.41, 5.74) is 1.66. The minimum Gasteiger partial charge on any atom is -0.454 e. The number of carbonyl (C=O) groups excluding carboxylic acids is 2. The van der Waals surface area contributed by atoms with Crippen molar-refractivity contribution in [3.8, 4) is 11.5 Å². The minimum absolute atomic E-state index is 0.0116. The van der Waals surface area contributed by atoms with Crippen molar-refractivity contribution in [3.63, 3.8) is 0 Å². The number of benzene rings is 3. The largest absolute Gasteiger partial charge is 0.454 e. The zero-order valence-corrected chi connectivity index (χ0v) is 23.9. The van der Waals surface area contributed by atoms with Gasteiger partial charge < -0.3 is 19.7 Å². The number of rotatable bonds is 13. The van der Waals surface area contributed by atoms with Gasteiger partial charge in [-0.15, -0.1) is 0 Å². The highest BCUT2D eigenvalue weighted by atomic mass is 32.2. The predicted octanol–water partition coefficient (Wildman–Crippen LogP) is 3.88. The molecule has 1 N–H and O–H groups in total. The molecule has 0 aromatic heterocycles. The standard InChI is InChI=1S/C30H34FN3O6S/c1-3-16-32-30(36)26(17-22-8-6-5-7-9-22)33(19-23-10-12-24(31)13-11-23)29(35)20-34(41(37,38)4-2)25-14-15-27-28(18-25)40-21-39-27/h5-15,18,26H,3-4,16-17,19-21H2,1-2H3,(H,32,36). The van der Waals surface area contributed by atoms with Crippen molar-refractivity contribution < 1.29 is 31.9 Å². The maximum atomic E-state index is 14.1. The first kappa shape index (κ1) is 29.9. The number of amides is 2. The summed E-state index contributed by atoms with van der Waals surface area (Å²) in [5, 5.41) is 2.88. The number of hydrogen-bond acceptors (Lipinski definition) is 6. The van der Waals surface area contributed by atoms with Crippen molar-refractivity contribution >= 4 is 27.5 Å². The normalized spacial score (nSPS) is 13.0. The minimum atomic E-state index is -3.92. The lowest BCUT2D eigenvalue weighted by Gasteiger charge is -2.33. The summed E-state index contributed by atoms with van der Waals surface area (Å²) in [6, 6.07) is 18.6. The van der Waals surface area contributed by atoms with Gasteiger partial charge in [-0.3, -0.25) is 13.9 Å². The van der Waals surface area contributed by atoms with Crippen LogP contribution in [0, 0.1) is 5.82 Å². The number of ether oxygens (including phenoxy) is 2. The van der Waals surface area contributed by atoms with E-state index in [-0.39, 0.29) is 37.1 Å². The average Bonchev–Trinajstić information content (AvgIpc) is 3.46. The summed E-state index contributed by atoms with van der Waals surface area (Å²) < 4.78 is 52.0. The van der Waals surface area contributed by atoms with Gasteiger partial charge in [0.05, 0.1) is 11.4 Å². The highest BCUT2D eigenvalue weighted by Gasteiger charge is 2.34. The monoisotopic (exact) mass is 583 g/mol. The van der Waals surface area contributed by atoms with E-state index < -0.39 is 34.3 Å². The maximum absolute atomic E-state index is 14.1. The van der Waals surface area contributed by atoms with Gasteiger partial charge in [-0.05, 0) is 48.7 Å². The third kappa shape index (κ3) is 7.55. The summed E-state index contributed by atoms with van der Waals surface area (Å²) in [6.07, 6.45) is 0.899. The van der Waals surface area contributed by atoms with E-state index in [9.17, 15) is 22.4 Å². The Morgan fingerprint density at radius 3 is 2.34 bits per heavy atom. The van der Waals surface area contributed by atoms with Crippen LogP contribution in [0.1, 0.15) is 31.4 Å². The molecular weight excluding hydrogens is 549 g/mol. The zero-order chi connectivity index (χ0) is 29.4. The summed E-state index contributed by atoms with van der Waals surface area (Å²) in [4.78, 5) is 29.0. The average molecular weight is 584 g/mol. The fourth-order valence-corrected chi connectivity index (χ4v) is 5.52. The molecule has 1 heterocycles. The Morgan fingerprint density at radius 2 is 1.66 bits per heavy atom. The molecule has 0 aliphatic carbocycles. The van der Waals surface area contributed by atoms with Crippen LogP contribution in [0.15, 0.2) is 72.8 Å². The number of hydrogen-bond donors (Lipinski definition) is 1. The first-order chi connectivity index (χ1) is 19.7. The van der Waals surface area contributed by atoms with E-state index in [4.69, 9.17) is 9.47 Å². The number of sulfonamides is 1. The van der Waals surface area contributed by atoms with Gasteiger partial charge in [0, 0.05) is 25.6 Å². The Balaban J connectivity index is 1.73. The Morgan fingerprint density at radius 1 is 0.951 bits per heavy atom. The number of carbonyl (C=O) groups is 2. The summed E-state index contributed by atoms with van der Waals surface area (Å²) >= 11 is 0. The molecule has 4 rings (SSSR count). The fourth-order valence-electron chi connectivity index (χ4n) is 4.47. The van der Waals surface area contributed by atoms with Gasteiger partial charge in [-0.25, -0.2) is 12.8 Å². The summed E-state index contributed by atoms with van der Waals surface area (Å²) in [6.45, 7) is 3.26. The molecule has 1 unspecified atom stereocenters. The molecule has 41 heavy (non-hydrogen) atoms. The Hall–Kier alpha value is -4.12. The first-order valence-electron chi connectivity index (χ1n) is 13.5. The third-order valence-corrected chi connectivity index (χ3v) is 8.45. The quantitative estimate of drug-likeness (QED) is 0.328. The molecule has 2 amide bonds. The molecule has 1 aliphatic rings. The lowest BCUT2D eigenvalue weighted by atomic mass is 10.0. The number of halogens is 1. The molecule has 1 aliphatic heterocycles. The van der Waals surface area contributed by atoms with E-state index in [0.717, 1.165) is 9.87 Å². The molecule has 0 radical (unpaired) electrons. The van der Waals surface area contributed by atoms with Crippen LogP contribution >= 0.6 is 0 Å². The molecule has 0 saturated heterocycles. The summed E-state index contributed by atoms with van der Waals surface area (Å²) in [7, 11) is -3.92. The molecule has 11 heteroatoms. The van der Waals surface area contributed by atoms with Crippen LogP contribution in [-0.4, -0.2) is 56.8 Å². The molecule has 0 saturated carbocycles. The molecule has 1 atom stereocenters. The Bertz CT molecular complexity index is 1450. The SMILES string of the molecule is CCCNC(=O)C(Cc1ccccc1)N(Cc1ccc(F)cc1)C(=O)CN(c1ccc2c(c1)OCO2)S(=O)(=O)CC. The fraction of sp³-hybridized carbons (Fsp3) is 0.333. The van der Waals surface area contributed by atoms with Crippen LogP contribution < -0.4 is 19.1 Å². The first-order valence-corrected chi connectivity index (χ1v) is 15.1. The number of nitrogens with zero attached hydrogens (tertiary/aromatic N) is 2. The molecule has 3 aromatic carbocycles. The smallest absolute Gasteiger partial charge is 0.244 e. The van der Waals surface area contributed by atoms with Crippen molar-refractivity contribution in [2.75, 3.05) is 29.9 Å². The van der Waals surface area contributed by atoms with Crippen molar-refractivity contribution in [2.24, 2.45) is 0 Å². The number of nitrogens with one attached hydrogen (secondary N) is 1. The van der Waals surface area contributed by atoms with Crippen molar-refractivity contribution in [1.29, 1.82) is 0 Å². The molecule has 218 valence electrons. The predicted molar refractivity (Wildman–Crippen MR) is 154 cm³/mol. The summed E-state index contributed by atoms with van der Waals surface area (Å²) in [5.74, 6) is -0.790. The maximum Gasteiger partial charge on any atom is 0.244 e. The van der Waals surface area contributed by atoms with Gasteiger partial charge in [0.2, 0.25) is 28.6 Å². The molecule has 0 bridgehead atoms. The van der Waals surface area contributed by atoms with Crippen LogP contribution in [0.3, 0.4) is 0 Å². The topological polar surface area (TPSA) is 105 Å². The van der Waals surface area contributed by atoms with Crippen LogP contribution in [0.4, 0.5) is 10.1 Å². The molecular formula is C30H34FN3O6S. The van der Waals surface area contributed by atoms with Crippen LogP contribution in [0.5, 0.6) is 11.5 Å². The second-order valence-corrected chi connectivity index (χ2v) is 11.8. The van der Waals surface area contributed by atoms with Gasteiger partial charge in [0.25, 0.3) is 0 Å². The van der Waals surface area contributed by atoms with Gasteiger partial charge in [0.15, 0.2) is 11.5 Å². The molecule has 9 nitrogen and oxygen atoms in total. The molecule has 0 fully saturated rings.